The smallest absolute Gasteiger partial charge is 0.322 e. The van der Waals surface area contributed by atoms with Gasteiger partial charge in [0, 0.05) is 15.2 Å². The first kappa shape index (κ1) is 25.9. The van der Waals surface area contributed by atoms with Crippen molar-refractivity contribution in [3.63, 3.8) is 0 Å². The largest absolute Gasteiger partial charge is 0.436 e. The average Bonchev–Trinajstić information content (AvgIpc) is 2.40. The molecule has 0 saturated carbocycles. The molecular weight excluding hydrogens is 401 g/mol. The molecule has 1 atom stereocenters. The van der Waals surface area contributed by atoms with E-state index in [4.69, 9.17) is 17.2 Å². The molecule has 25 heavy (non-hydrogen) atoms. The van der Waals surface area contributed by atoms with Crippen LogP contribution in [0.1, 0.15) is 6.42 Å². The normalized spacial score (nSPS) is 16.1. The lowest BCUT2D eigenvalue weighted by Crippen LogP contribution is -2.55. The predicted molar refractivity (Wildman–Crippen MR) is 117 cm³/mol. The summed E-state index contributed by atoms with van der Waals surface area (Å²) in [5, 5.41) is 0. The Hall–Kier alpha value is 0.884. The molecule has 0 aromatic rings. The summed E-state index contributed by atoms with van der Waals surface area (Å²) in [5.41, 5.74) is 0. The molecule has 1 unspecified atom stereocenters. The summed E-state index contributed by atoms with van der Waals surface area (Å²) >= 11 is 0. The molecule has 0 bridgehead atoms. The highest BCUT2D eigenvalue weighted by Crippen LogP contribution is 2.29. The van der Waals surface area contributed by atoms with Crippen molar-refractivity contribution in [1.29, 1.82) is 0 Å². The van der Waals surface area contributed by atoms with Gasteiger partial charge in [-0.15, -0.1) is 0 Å². The van der Waals surface area contributed by atoms with Crippen LogP contribution in [0.15, 0.2) is 0 Å². The lowest BCUT2D eigenvalue weighted by atomic mass is 10.6. The maximum absolute atomic E-state index is 6.79. The zero-order chi connectivity index (χ0) is 19.8. The SMILES string of the molecule is COO[Si]CC[Si](C)(C)O[Si](C)(CCC[Si](C)(C)C)O[Si](C)(C)OC. The van der Waals surface area contributed by atoms with Crippen LogP contribution in [0.4, 0.5) is 0 Å². The lowest BCUT2D eigenvalue weighted by molar-refractivity contribution is -0.179. The van der Waals surface area contributed by atoms with Gasteiger partial charge < -0.3 is 12.7 Å². The molecule has 0 saturated heterocycles. The van der Waals surface area contributed by atoms with Gasteiger partial charge in [0.15, 0.2) is 8.32 Å². The van der Waals surface area contributed by atoms with Gasteiger partial charge in [0.05, 0.1) is 7.11 Å². The Balaban J connectivity index is 4.91. The van der Waals surface area contributed by atoms with E-state index in [2.05, 4.69) is 57.3 Å². The van der Waals surface area contributed by atoms with E-state index in [0.717, 1.165) is 18.1 Å². The summed E-state index contributed by atoms with van der Waals surface area (Å²) in [6.07, 6.45) is 1.20. The molecule has 0 aliphatic carbocycles. The summed E-state index contributed by atoms with van der Waals surface area (Å²) in [5.74, 6) is 0. The monoisotopic (exact) mass is 440 g/mol. The van der Waals surface area contributed by atoms with Gasteiger partial charge in [-0.2, -0.15) is 0 Å². The van der Waals surface area contributed by atoms with E-state index in [1.54, 1.807) is 14.2 Å². The van der Waals surface area contributed by atoms with Crippen LogP contribution in [-0.2, 0) is 22.1 Å². The van der Waals surface area contributed by atoms with Gasteiger partial charge in [-0.1, -0.05) is 32.1 Å². The fourth-order valence-corrected chi connectivity index (χ4v) is 19.1. The highest BCUT2D eigenvalue weighted by Gasteiger charge is 2.43. The molecule has 0 spiro atoms. The Kier molecular flexibility index (Phi) is 11.4. The van der Waals surface area contributed by atoms with E-state index in [1.165, 1.54) is 12.5 Å². The standard InChI is InChI=1S/C15H40O5Si5/c1-16-18-21-12-15-23(6,7)19-25(10,20-24(8,9)17-2)14-11-13-22(3,4)5/h11-15H2,1-10H3. The Bertz CT molecular complexity index is 376. The maximum atomic E-state index is 6.79. The Morgan fingerprint density at radius 3 is 1.84 bits per heavy atom. The first-order valence-corrected chi connectivity index (χ1v) is 22.4. The van der Waals surface area contributed by atoms with Crippen LogP contribution in [0.2, 0.25) is 76.6 Å². The summed E-state index contributed by atoms with van der Waals surface area (Å²) < 4.78 is 24.1. The first-order chi connectivity index (χ1) is 11.2. The minimum atomic E-state index is -2.26. The molecule has 0 aliphatic rings. The summed E-state index contributed by atoms with van der Waals surface area (Å²) in [6.45, 7) is 18.3. The van der Waals surface area contributed by atoms with E-state index in [0.29, 0.717) is 9.76 Å². The molecule has 0 aliphatic heterocycles. The first-order valence-electron chi connectivity index (χ1n) is 9.12. The minimum Gasteiger partial charge on any atom is -0.436 e. The van der Waals surface area contributed by atoms with E-state index in [1.807, 2.05) is 0 Å². The van der Waals surface area contributed by atoms with Gasteiger partial charge in [0.2, 0.25) is 0 Å². The Morgan fingerprint density at radius 2 is 1.36 bits per heavy atom. The molecule has 0 aromatic carbocycles. The third kappa shape index (κ3) is 13.7. The van der Waals surface area contributed by atoms with Crippen LogP contribution >= 0.6 is 0 Å². The fourth-order valence-electron chi connectivity index (χ4n) is 2.71. The van der Waals surface area contributed by atoms with Crippen molar-refractivity contribution in [2.45, 2.75) is 83.0 Å². The molecular formula is C15H40O5Si5. The lowest BCUT2D eigenvalue weighted by Gasteiger charge is -2.40. The van der Waals surface area contributed by atoms with Crippen molar-refractivity contribution in [2.24, 2.45) is 0 Å². The molecule has 10 heteroatoms. The highest BCUT2D eigenvalue weighted by atomic mass is 28.5. The van der Waals surface area contributed by atoms with Crippen LogP contribution < -0.4 is 0 Å². The Labute approximate surface area is 162 Å². The van der Waals surface area contributed by atoms with Crippen molar-refractivity contribution in [3.05, 3.63) is 0 Å². The predicted octanol–water partition coefficient (Wildman–Crippen LogP) is 4.99. The van der Waals surface area contributed by atoms with Crippen LogP contribution in [0.5, 0.6) is 0 Å². The summed E-state index contributed by atoms with van der Waals surface area (Å²) in [7, 11) is -3.55. The van der Waals surface area contributed by atoms with Gasteiger partial charge in [-0.25, -0.2) is 0 Å². The van der Waals surface area contributed by atoms with Crippen molar-refractivity contribution < 1.29 is 22.1 Å². The van der Waals surface area contributed by atoms with Gasteiger partial charge in [0.1, 0.15) is 0 Å². The maximum Gasteiger partial charge on any atom is 0.322 e. The minimum absolute atomic E-state index is 0.372. The second kappa shape index (κ2) is 11.0. The molecule has 2 radical (unpaired) electrons. The highest BCUT2D eigenvalue weighted by molar-refractivity contribution is 6.87. The molecule has 0 aromatic heterocycles. The van der Waals surface area contributed by atoms with Crippen LogP contribution in [-0.4, -0.2) is 57.5 Å². The van der Waals surface area contributed by atoms with Gasteiger partial charge in [0.25, 0.3) is 9.76 Å². The zero-order valence-electron chi connectivity index (χ0n) is 18.1. The molecule has 5 nitrogen and oxygen atoms in total. The van der Waals surface area contributed by atoms with E-state index >= 15 is 0 Å². The summed E-state index contributed by atoms with van der Waals surface area (Å²) in [6, 6.07) is 4.42. The molecule has 0 fully saturated rings. The molecule has 0 amide bonds. The van der Waals surface area contributed by atoms with E-state index in [-0.39, 0.29) is 0 Å². The second-order valence-electron chi connectivity index (χ2n) is 9.01. The number of hydrogen-bond acceptors (Lipinski definition) is 5. The fraction of sp³-hybridized carbons (Fsp3) is 1.00. The van der Waals surface area contributed by atoms with Crippen molar-refractivity contribution >= 4 is 43.3 Å². The average molecular weight is 441 g/mol. The van der Waals surface area contributed by atoms with Crippen molar-refractivity contribution in [2.75, 3.05) is 14.2 Å². The van der Waals surface area contributed by atoms with Gasteiger partial charge in [-0.3, -0.25) is 9.46 Å². The Morgan fingerprint density at radius 1 is 0.760 bits per heavy atom. The molecule has 0 N–H and O–H groups in total. The zero-order valence-corrected chi connectivity index (χ0v) is 23.1. The number of hydrogen-bond donors (Lipinski definition) is 0. The molecule has 0 heterocycles. The third-order valence-corrected chi connectivity index (χ3v) is 18.4. The van der Waals surface area contributed by atoms with Crippen LogP contribution in [0.3, 0.4) is 0 Å². The van der Waals surface area contributed by atoms with Gasteiger partial charge in [-0.05, 0) is 50.9 Å². The van der Waals surface area contributed by atoms with Crippen LogP contribution in [0.25, 0.3) is 0 Å². The van der Waals surface area contributed by atoms with Crippen molar-refractivity contribution in [3.8, 4) is 0 Å². The van der Waals surface area contributed by atoms with E-state index < -0.39 is 33.5 Å². The topological polar surface area (TPSA) is 46.2 Å². The summed E-state index contributed by atoms with van der Waals surface area (Å²) in [4.78, 5) is 4.69. The van der Waals surface area contributed by atoms with E-state index in [9.17, 15) is 0 Å². The number of rotatable bonds is 14. The quantitative estimate of drug-likeness (QED) is 0.165. The molecule has 150 valence electrons. The van der Waals surface area contributed by atoms with Crippen molar-refractivity contribution in [1.82, 2.24) is 0 Å². The van der Waals surface area contributed by atoms with Gasteiger partial charge >= 0.3 is 17.1 Å². The third-order valence-electron chi connectivity index (χ3n) is 3.97. The van der Waals surface area contributed by atoms with Crippen LogP contribution in [0, 0.1) is 0 Å². The molecule has 0 rings (SSSR count). The second-order valence-corrected chi connectivity index (χ2v) is 27.2.